The predicted molar refractivity (Wildman–Crippen MR) is 70.6 cm³/mol. The normalized spacial score (nSPS) is 10.3. The zero-order chi connectivity index (χ0) is 14.3. The van der Waals surface area contributed by atoms with Crippen molar-refractivity contribution in [3.8, 4) is 0 Å². The maximum atomic E-state index is 11.8. The van der Waals surface area contributed by atoms with E-state index in [1.54, 1.807) is 0 Å². The molecule has 0 spiro atoms. The molecule has 5 nitrogen and oxygen atoms in total. The van der Waals surface area contributed by atoms with Gasteiger partial charge < -0.3 is 14.7 Å². The summed E-state index contributed by atoms with van der Waals surface area (Å²) in [7, 11) is -4.64. The molecular weight excluding hydrogens is 267 g/mol. The van der Waals surface area contributed by atoms with Gasteiger partial charge in [0, 0.05) is 11.1 Å². The van der Waals surface area contributed by atoms with Crippen LogP contribution in [-0.2, 0) is 4.57 Å². The molecule has 2 aromatic rings. The van der Waals surface area contributed by atoms with Crippen LogP contribution >= 0.6 is 7.82 Å². The Kier molecular flexibility index (Phi) is 5.60. The van der Waals surface area contributed by atoms with Gasteiger partial charge in [-0.15, -0.1) is 0 Å². The zero-order valence-corrected chi connectivity index (χ0v) is 10.8. The smallest absolute Gasteiger partial charge is 0.303 e. The lowest BCUT2D eigenvalue weighted by Crippen LogP contribution is -1.99. The Bertz CT molecular complexity index is 512. The first kappa shape index (κ1) is 15.3. The molecule has 0 heterocycles. The molecule has 100 valence electrons. The van der Waals surface area contributed by atoms with Gasteiger partial charge >= 0.3 is 7.82 Å². The van der Waals surface area contributed by atoms with Gasteiger partial charge in [-0.2, -0.15) is 0 Å². The summed E-state index contributed by atoms with van der Waals surface area (Å²) in [6, 6.07) is 18.6. The molecule has 0 aliphatic carbocycles. The van der Waals surface area contributed by atoms with Crippen molar-refractivity contribution in [2.24, 2.45) is 0 Å². The second kappa shape index (κ2) is 6.97. The molecule has 0 atom stereocenters. The summed E-state index contributed by atoms with van der Waals surface area (Å²) in [5.41, 5.74) is 1.47. The molecule has 0 saturated carbocycles. The number of rotatable bonds is 2. The van der Waals surface area contributed by atoms with Crippen LogP contribution in [0.3, 0.4) is 0 Å². The number of carbonyl (C=O) groups is 1. The Morgan fingerprint density at radius 3 is 1.26 bits per heavy atom. The van der Waals surface area contributed by atoms with Gasteiger partial charge in [0.2, 0.25) is 0 Å². The van der Waals surface area contributed by atoms with Gasteiger partial charge in [-0.3, -0.25) is 4.79 Å². The fourth-order valence-corrected chi connectivity index (χ4v) is 1.35. The highest BCUT2D eigenvalue weighted by Gasteiger charge is 2.06. The average molecular weight is 280 g/mol. The molecule has 2 aromatic carbocycles. The molecule has 0 amide bonds. The molecule has 3 N–H and O–H groups in total. The maximum Gasteiger partial charge on any atom is 0.466 e. The molecule has 0 unspecified atom stereocenters. The molecule has 0 saturated heterocycles. The second-order valence-corrected chi connectivity index (χ2v) is 4.60. The first-order chi connectivity index (χ1) is 8.88. The van der Waals surface area contributed by atoms with Crippen LogP contribution in [0.1, 0.15) is 15.9 Å². The summed E-state index contributed by atoms with van der Waals surface area (Å²) in [6.45, 7) is 0. The van der Waals surface area contributed by atoms with Crippen LogP contribution in [0, 0.1) is 0 Å². The van der Waals surface area contributed by atoms with E-state index in [0.29, 0.717) is 0 Å². The standard InChI is InChI=1S/C13H10O.H3O4P/c14-13(11-7-3-1-4-8-11)12-9-5-2-6-10-12;1-5(2,3)4/h1-10H;(H3,1,2,3,4). The summed E-state index contributed by atoms with van der Waals surface area (Å²) < 4.78 is 8.88. The van der Waals surface area contributed by atoms with Crippen LogP contribution in [-0.4, -0.2) is 20.5 Å². The largest absolute Gasteiger partial charge is 0.466 e. The third kappa shape index (κ3) is 6.64. The average Bonchev–Trinajstić information content (AvgIpc) is 2.38. The lowest BCUT2D eigenvalue weighted by molar-refractivity contribution is 0.103. The Morgan fingerprint density at radius 2 is 1.00 bits per heavy atom. The van der Waals surface area contributed by atoms with Crippen molar-refractivity contribution in [3.05, 3.63) is 71.8 Å². The van der Waals surface area contributed by atoms with E-state index in [1.165, 1.54) is 0 Å². The zero-order valence-electron chi connectivity index (χ0n) is 9.88. The third-order valence-electron chi connectivity index (χ3n) is 2.07. The minimum atomic E-state index is -4.64. The number of benzene rings is 2. The lowest BCUT2D eigenvalue weighted by atomic mass is 10.0. The van der Waals surface area contributed by atoms with Crippen LogP contribution in [0.25, 0.3) is 0 Å². The minimum Gasteiger partial charge on any atom is -0.303 e. The van der Waals surface area contributed by atoms with Crippen molar-refractivity contribution < 1.29 is 24.0 Å². The Labute approximate surface area is 110 Å². The van der Waals surface area contributed by atoms with Crippen molar-refractivity contribution in [2.45, 2.75) is 0 Å². The number of ketones is 1. The van der Waals surface area contributed by atoms with Crippen molar-refractivity contribution >= 4 is 13.6 Å². The summed E-state index contributed by atoms with van der Waals surface area (Å²) in [5, 5.41) is 0. The molecule has 6 heteroatoms. The number of hydrogen-bond donors (Lipinski definition) is 3. The quantitative estimate of drug-likeness (QED) is 0.577. The topological polar surface area (TPSA) is 94.8 Å². The number of carbonyl (C=O) groups excluding carboxylic acids is 1. The van der Waals surface area contributed by atoms with E-state index >= 15 is 0 Å². The Morgan fingerprint density at radius 1 is 0.737 bits per heavy atom. The van der Waals surface area contributed by atoms with Gasteiger partial charge in [0.25, 0.3) is 0 Å². The second-order valence-electron chi connectivity index (χ2n) is 3.57. The summed E-state index contributed by atoms with van der Waals surface area (Å²) >= 11 is 0. The summed E-state index contributed by atoms with van der Waals surface area (Å²) in [4.78, 5) is 33.4. The van der Waals surface area contributed by atoms with Crippen LogP contribution in [0.15, 0.2) is 60.7 Å². The van der Waals surface area contributed by atoms with Crippen LogP contribution < -0.4 is 0 Å². The summed E-state index contributed by atoms with van der Waals surface area (Å²) in [5.74, 6) is 0.0752. The van der Waals surface area contributed by atoms with E-state index in [9.17, 15) is 4.79 Å². The molecule has 0 radical (unpaired) electrons. The van der Waals surface area contributed by atoms with Gasteiger partial charge in [0.15, 0.2) is 5.78 Å². The summed E-state index contributed by atoms with van der Waals surface area (Å²) in [6.07, 6.45) is 0. The molecule has 0 aliphatic heterocycles. The third-order valence-corrected chi connectivity index (χ3v) is 2.07. The van der Waals surface area contributed by atoms with Crippen molar-refractivity contribution in [2.75, 3.05) is 0 Å². The first-order valence-electron chi connectivity index (χ1n) is 5.31. The van der Waals surface area contributed by atoms with E-state index in [0.717, 1.165) is 11.1 Å². The van der Waals surface area contributed by atoms with Gasteiger partial charge in [-0.25, -0.2) is 4.57 Å². The first-order valence-corrected chi connectivity index (χ1v) is 6.87. The Hall–Kier alpha value is -1.78. The molecular formula is C13H13O5P. The van der Waals surface area contributed by atoms with E-state index in [4.69, 9.17) is 19.2 Å². The van der Waals surface area contributed by atoms with Gasteiger partial charge in [0.1, 0.15) is 0 Å². The molecule has 0 aliphatic rings. The van der Waals surface area contributed by atoms with E-state index in [1.807, 2.05) is 60.7 Å². The van der Waals surface area contributed by atoms with Gasteiger partial charge in [0.05, 0.1) is 0 Å². The lowest BCUT2D eigenvalue weighted by Gasteiger charge is -1.99. The highest BCUT2D eigenvalue weighted by Crippen LogP contribution is 2.25. The Balaban J connectivity index is 0.000000312. The minimum absolute atomic E-state index is 0.0752. The van der Waals surface area contributed by atoms with Crippen molar-refractivity contribution in [1.82, 2.24) is 0 Å². The van der Waals surface area contributed by atoms with Crippen molar-refractivity contribution in [1.29, 1.82) is 0 Å². The molecule has 2 rings (SSSR count). The van der Waals surface area contributed by atoms with Crippen LogP contribution in [0.2, 0.25) is 0 Å². The van der Waals surface area contributed by atoms with Crippen LogP contribution in [0.5, 0.6) is 0 Å². The highest BCUT2D eigenvalue weighted by molar-refractivity contribution is 7.45. The maximum absolute atomic E-state index is 11.8. The molecule has 0 bridgehead atoms. The molecule has 0 fully saturated rings. The SMILES string of the molecule is O=C(c1ccccc1)c1ccccc1.O=P(O)(O)O. The van der Waals surface area contributed by atoms with Gasteiger partial charge in [-0.1, -0.05) is 60.7 Å². The van der Waals surface area contributed by atoms with Crippen molar-refractivity contribution in [3.63, 3.8) is 0 Å². The molecule has 0 aromatic heterocycles. The number of phosphoric acid groups is 1. The van der Waals surface area contributed by atoms with E-state index in [2.05, 4.69) is 0 Å². The van der Waals surface area contributed by atoms with E-state index < -0.39 is 7.82 Å². The molecule has 19 heavy (non-hydrogen) atoms. The van der Waals surface area contributed by atoms with Crippen LogP contribution in [0.4, 0.5) is 0 Å². The fourth-order valence-electron chi connectivity index (χ4n) is 1.35. The monoisotopic (exact) mass is 280 g/mol. The number of hydrogen-bond acceptors (Lipinski definition) is 2. The highest BCUT2D eigenvalue weighted by atomic mass is 31.2. The van der Waals surface area contributed by atoms with E-state index in [-0.39, 0.29) is 5.78 Å². The van der Waals surface area contributed by atoms with Gasteiger partial charge in [-0.05, 0) is 0 Å². The predicted octanol–water partition coefficient (Wildman–Crippen LogP) is 1.99. The fraction of sp³-hybridized carbons (Fsp3) is 0.